The van der Waals surface area contributed by atoms with Crippen molar-refractivity contribution in [3.63, 3.8) is 0 Å². The zero-order chi connectivity index (χ0) is 20.8. The van der Waals surface area contributed by atoms with Gasteiger partial charge in [-0.3, -0.25) is 9.69 Å². The van der Waals surface area contributed by atoms with Crippen LogP contribution >= 0.6 is 23.2 Å². The Morgan fingerprint density at radius 3 is 2.52 bits per heavy atom. The summed E-state index contributed by atoms with van der Waals surface area (Å²) in [6.07, 6.45) is 0.317. The molecule has 1 aliphatic heterocycles. The van der Waals surface area contributed by atoms with Crippen LogP contribution in [-0.4, -0.2) is 55.1 Å². The number of carbonyl (C=O) groups is 1. The van der Waals surface area contributed by atoms with Crippen molar-refractivity contribution in [2.75, 3.05) is 33.3 Å². The van der Waals surface area contributed by atoms with Gasteiger partial charge in [0.1, 0.15) is 11.5 Å². The lowest BCUT2D eigenvalue weighted by atomic mass is 10.2. The quantitative estimate of drug-likeness (QED) is 0.667. The molecule has 1 saturated heterocycles. The van der Waals surface area contributed by atoms with Gasteiger partial charge in [0.2, 0.25) is 0 Å². The van der Waals surface area contributed by atoms with E-state index < -0.39 is 6.10 Å². The number of hydrogen-bond donors (Lipinski definition) is 0. The fourth-order valence-electron chi connectivity index (χ4n) is 3.41. The first kappa shape index (κ1) is 21.8. The largest absolute Gasteiger partial charge is 0.497 e. The summed E-state index contributed by atoms with van der Waals surface area (Å²) < 4.78 is 11.0. The molecule has 0 aromatic heterocycles. The van der Waals surface area contributed by atoms with Crippen molar-refractivity contribution in [1.82, 2.24) is 9.80 Å². The molecule has 7 heteroatoms. The highest BCUT2D eigenvalue weighted by atomic mass is 35.5. The summed E-state index contributed by atoms with van der Waals surface area (Å²) in [6.45, 7) is 5.79. The minimum absolute atomic E-state index is 0.0256. The van der Waals surface area contributed by atoms with E-state index in [4.69, 9.17) is 32.7 Å². The molecule has 3 rings (SSSR count). The molecule has 0 N–H and O–H groups in total. The summed E-state index contributed by atoms with van der Waals surface area (Å²) >= 11 is 12.1. The Morgan fingerprint density at radius 2 is 1.83 bits per heavy atom. The molecule has 2 aromatic rings. The van der Waals surface area contributed by atoms with Gasteiger partial charge in [0.05, 0.1) is 12.1 Å². The Kier molecular flexibility index (Phi) is 7.64. The number of ether oxygens (including phenoxy) is 2. The van der Waals surface area contributed by atoms with E-state index in [-0.39, 0.29) is 5.91 Å². The first-order valence-corrected chi connectivity index (χ1v) is 10.5. The molecule has 5 nitrogen and oxygen atoms in total. The maximum atomic E-state index is 12.9. The Labute approximate surface area is 182 Å². The van der Waals surface area contributed by atoms with Crippen molar-refractivity contribution in [2.24, 2.45) is 0 Å². The summed E-state index contributed by atoms with van der Waals surface area (Å²) in [5.74, 6) is 1.30. The SMILES string of the molecule is COc1ccc(CN2CCCN(C(=O)C(C)Oc3ccc(Cl)cc3Cl)CC2)cc1. The third-order valence-electron chi connectivity index (χ3n) is 5.01. The summed E-state index contributed by atoms with van der Waals surface area (Å²) in [7, 11) is 1.67. The van der Waals surface area contributed by atoms with Crippen molar-refractivity contribution >= 4 is 29.1 Å². The predicted molar refractivity (Wildman–Crippen MR) is 116 cm³/mol. The van der Waals surface area contributed by atoms with Gasteiger partial charge in [-0.2, -0.15) is 0 Å². The van der Waals surface area contributed by atoms with E-state index >= 15 is 0 Å². The summed E-state index contributed by atoms with van der Waals surface area (Å²) in [4.78, 5) is 17.1. The molecule has 1 aliphatic rings. The van der Waals surface area contributed by atoms with Crippen LogP contribution in [0.3, 0.4) is 0 Å². The first-order chi connectivity index (χ1) is 14.0. The lowest BCUT2D eigenvalue weighted by Crippen LogP contribution is -2.42. The molecular weight excluding hydrogens is 411 g/mol. The monoisotopic (exact) mass is 436 g/mol. The highest BCUT2D eigenvalue weighted by Gasteiger charge is 2.25. The van der Waals surface area contributed by atoms with E-state index in [2.05, 4.69) is 17.0 Å². The molecule has 29 heavy (non-hydrogen) atoms. The molecule has 1 unspecified atom stereocenters. The van der Waals surface area contributed by atoms with Crippen LogP contribution in [0.15, 0.2) is 42.5 Å². The number of hydrogen-bond acceptors (Lipinski definition) is 4. The summed E-state index contributed by atoms with van der Waals surface area (Å²) in [6, 6.07) is 13.1. The number of rotatable bonds is 6. The minimum atomic E-state index is -0.609. The Morgan fingerprint density at radius 1 is 1.07 bits per heavy atom. The fraction of sp³-hybridized carbons (Fsp3) is 0.409. The van der Waals surface area contributed by atoms with Gasteiger partial charge >= 0.3 is 0 Å². The van der Waals surface area contributed by atoms with Crippen LogP contribution in [-0.2, 0) is 11.3 Å². The smallest absolute Gasteiger partial charge is 0.263 e. The summed E-state index contributed by atoms with van der Waals surface area (Å²) in [5, 5.41) is 0.935. The molecule has 1 atom stereocenters. The van der Waals surface area contributed by atoms with Crippen LogP contribution in [0.2, 0.25) is 10.0 Å². The molecule has 0 spiro atoms. The molecule has 1 amide bonds. The number of amides is 1. The van der Waals surface area contributed by atoms with Gasteiger partial charge in [-0.15, -0.1) is 0 Å². The van der Waals surface area contributed by atoms with E-state index in [0.717, 1.165) is 38.3 Å². The number of nitrogens with zero attached hydrogens (tertiary/aromatic N) is 2. The van der Waals surface area contributed by atoms with Gasteiger partial charge in [-0.05, 0) is 49.2 Å². The second kappa shape index (κ2) is 10.2. The topological polar surface area (TPSA) is 42.0 Å². The van der Waals surface area contributed by atoms with E-state index in [0.29, 0.717) is 22.3 Å². The molecule has 0 bridgehead atoms. The number of methoxy groups -OCH3 is 1. The first-order valence-electron chi connectivity index (χ1n) is 9.72. The lowest BCUT2D eigenvalue weighted by molar-refractivity contribution is -0.137. The molecule has 1 heterocycles. The number of benzene rings is 2. The van der Waals surface area contributed by atoms with Crippen LogP contribution in [0.5, 0.6) is 11.5 Å². The van der Waals surface area contributed by atoms with E-state index in [1.807, 2.05) is 17.0 Å². The van der Waals surface area contributed by atoms with Crippen LogP contribution in [0.4, 0.5) is 0 Å². The third kappa shape index (κ3) is 6.01. The minimum Gasteiger partial charge on any atom is -0.497 e. The standard InChI is InChI=1S/C22H26Cl2N2O3/c1-16(29-21-9-6-18(23)14-20(21)24)22(27)26-11-3-10-25(12-13-26)15-17-4-7-19(28-2)8-5-17/h4-9,14,16H,3,10-13,15H2,1-2H3. The van der Waals surface area contributed by atoms with Crippen LogP contribution in [0, 0.1) is 0 Å². The zero-order valence-corrected chi connectivity index (χ0v) is 18.2. The predicted octanol–water partition coefficient (Wildman–Crippen LogP) is 4.50. The van der Waals surface area contributed by atoms with Gasteiger partial charge < -0.3 is 14.4 Å². The Balaban J connectivity index is 1.54. The van der Waals surface area contributed by atoms with E-state index in [9.17, 15) is 4.79 Å². The third-order valence-corrected chi connectivity index (χ3v) is 5.54. The van der Waals surface area contributed by atoms with Gasteiger partial charge in [-0.1, -0.05) is 35.3 Å². The van der Waals surface area contributed by atoms with Gasteiger partial charge in [0.15, 0.2) is 6.10 Å². The number of carbonyl (C=O) groups excluding carboxylic acids is 1. The highest BCUT2D eigenvalue weighted by molar-refractivity contribution is 6.35. The maximum Gasteiger partial charge on any atom is 0.263 e. The second-order valence-corrected chi connectivity index (χ2v) is 7.98. The van der Waals surface area contributed by atoms with E-state index in [1.165, 1.54) is 5.56 Å². The van der Waals surface area contributed by atoms with Crippen LogP contribution in [0.25, 0.3) is 0 Å². The molecule has 0 aliphatic carbocycles. The zero-order valence-electron chi connectivity index (χ0n) is 16.7. The molecule has 1 fully saturated rings. The van der Waals surface area contributed by atoms with Crippen LogP contribution in [0.1, 0.15) is 18.9 Å². The Hall–Kier alpha value is -1.95. The van der Waals surface area contributed by atoms with Crippen molar-refractivity contribution < 1.29 is 14.3 Å². The maximum absolute atomic E-state index is 12.9. The Bertz CT molecular complexity index is 829. The molecule has 156 valence electrons. The fourth-order valence-corrected chi connectivity index (χ4v) is 3.86. The van der Waals surface area contributed by atoms with Crippen LogP contribution < -0.4 is 9.47 Å². The van der Waals surface area contributed by atoms with Crippen molar-refractivity contribution in [3.05, 3.63) is 58.1 Å². The second-order valence-electron chi connectivity index (χ2n) is 7.14. The van der Waals surface area contributed by atoms with E-state index in [1.54, 1.807) is 32.2 Å². The summed E-state index contributed by atoms with van der Waals surface area (Å²) in [5.41, 5.74) is 1.24. The highest BCUT2D eigenvalue weighted by Crippen LogP contribution is 2.28. The van der Waals surface area contributed by atoms with Crippen molar-refractivity contribution in [2.45, 2.75) is 26.0 Å². The van der Waals surface area contributed by atoms with Crippen molar-refractivity contribution in [1.29, 1.82) is 0 Å². The average Bonchev–Trinajstić information content (AvgIpc) is 2.95. The number of halogens is 2. The van der Waals surface area contributed by atoms with Gasteiger partial charge in [0, 0.05) is 37.7 Å². The normalized spacial score (nSPS) is 16.2. The van der Waals surface area contributed by atoms with Gasteiger partial charge in [-0.25, -0.2) is 0 Å². The van der Waals surface area contributed by atoms with Crippen molar-refractivity contribution in [3.8, 4) is 11.5 Å². The van der Waals surface area contributed by atoms with Gasteiger partial charge in [0.25, 0.3) is 5.91 Å². The molecule has 2 aromatic carbocycles. The molecule has 0 saturated carbocycles. The molecular formula is C22H26Cl2N2O3. The average molecular weight is 437 g/mol. The lowest BCUT2D eigenvalue weighted by Gasteiger charge is -2.25. The molecule has 0 radical (unpaired) electrons.